The maximum Gasteiger partial charge on any atom is 0.188 e. The van der Waals surface area contributed by atoms with Gasteiger partial charge in [-0.1, -0.05) is 0 Å². The fourth-order valence-corrected chi connectivity index (χ4v) is 4.05. The lowest BCUT2D eigenvalue weighted by molar-refractivity contribution is 0.0901. The average Bonchev–Trinajstić information content (AvgIpc) is 3.10. The quantitative estimate of drug-likeness (QED) is 0.696. The molecule has 2 atom stereocenters. The van der Waals surface area contributed by atoms with Crippen LogP contribution in [0.3, 0.4) is 0 Å². The second-order valence-electron chi connectivity index (χ2n) is 5.49. The molecule has 112 valence electrons. The van der Waals surface area contributed by atoms with E-state index in [-0.39, 0.29) is 17.7 Å². The monoisotopic (exact) mass is 376 g/mol. The number of thiophene rings is 1. The second-order valence-corrected chi connectivity index (χ2v) is 7.32. The summed E-state index contributed by atoms with van der Waals surface area (Å²) in [7, 11) is 0. The first-order chi connectivity index (χ1) is 10.6. The highest BCUT2D eigenvalue weighted by Crippen LogP contribution is 2.34. The molecule has 2 unspecified atom stereocenters. The van der Waals surface area contributed by atoms with Gasteiger partial charge in [-0.05, 0) is 46.3 Å². The Balaban J connectivity index is 1.68. The first kappa shape index (κ1) is 13.9. The van der Waals surface area contributed by atoms with Crippen LogP contribution in [0.5, 0.6) is 0 Å². The average molecular weight is 377 g/mol. The van der Waals surface area contributed by atoms with Crippen LogP contribution in [0, 0.1) is 5.92 Å². The molecule has 0 saturated carbocycles. The van der Waals surface area contributed by atoms with Crippen molar-refractivity contribution in [3.63, 3.8) is 0 Å². The number of nitrogens with zero attached hydrogens (tertiary/aromatic N) is 3. The molecule has 3 aromatic rings. The van der Waals surface area contributed by atoms with E-state index < -0.39 is 0 Å². The van der Waals surface area contributed by atoms with Gasteiger partial charge in [0.2, 0.25) is 0 Å². The predicted molar refractivity (Wildman–Crippen MR) is 89.6 cm³/mol. The van der Waals surface area contributed by atoms with Gasteiger partial charge in [0.25, 0.3) is 0 Å². The van der Waals surface area contributed by atoms with Crippen molar-refractivity contribution in [2.75, 3.05) is 5.32 Å². The van der Waals surface area contributed by atoms with Gasteiger partial charge < -0.3 is 5.32 Å². The zero-order valence-corrected chi connectivity index (χ0v) is 14.2. The molecular formula is C15H13BrN4OS. The smallest absolute Gasteiger partial charge is 0.188 e. The van der Waals surface area contributed by atoms with Crippen LogP contribution in [-0.4, -0.2) is 26.4 Å². The number of hydrogen-bond acceptors (Lipinski definition) is 5. The van der Waals surface area contributed by atoms with Crippen LogP contribution < -0.4 is 5.32 Å². The van der Waals surface area contributed by atoms with Gasteiger partial charge in [-0.15, -0.1) is 11.3 Å². The van der Waals surface area contributed by atoms with Gasteiger partial charge in [-0.25, -0.2) is 9.50 Å². The van der Waals surface area contributed by atoms with Crippen molar-refractivity contribution in [3.05, 3.63) is 45.6 Å². The Morgan fingerprint density at radius 1 is 1.55 bits per heavy atom. The number of fused-ring (bicyclic) bond motifs is 2. The van der Waals surface area contributed by atoms with Crippen molar-refractivity contribution in [3.8, 4) is 0 Å². The summed E-state index contributed by atoms with van der Waals surface area (Å²) in [6.07, 6.45) is 4.27. The minimum absolute atomic E-state index is 0.0680. The molecule has 4 heterocycles. The van der Waals surface area contributed by atoms with Crippen molar-refractivity contribution in [1.29, 1.82) is 0 Å². The molecule has 0 amide bonds. The molecule has 22 heavy (non-hydrogen) atoms. The van der Waals surface area contributed by atoms with E-state index >= 15 is 0 Å². The summed E-state index contributed by atoms with van der Waals surface area (Å²) in [6.45, 7) is 2.05. The Morgan fingerprint density at radius 3 is 3.27 bits per heavy atom. The van der Waals surface area contributed by atoms with Gasteiger partial charge in [0.1, 0.15) is 5.69 Å². The van der Waals surface area contributed by atoms with Crippen LogP contribution in [0.2, 0.25) is 0 Å². The number of carbonyl (C=O) groups is 1. The predicted octanol–water partition coefficient (Wildman–Crippen LogP) is 3.41. The fraction of sp³-hybridized carbons (Fsp3) is 0.267. The van der Waals surface area contributed by atoms with E-state index in [1.54, 1.807) is 34.3 Å². The molecule has 3 aromatic heterocycles. The molecule has 1 N–H and O–H groups in total. The van der Waals surface area contributed by atoms with Crippen molar-refractivity contribution in [1.82, 2.24) is 14.6 Å². The normalized spacial score (nSPS) is 20.6. The highest BCUT2D eigenvalue weighted by molar-refractivity contribution is 9.10. The summed E-state index contributed by atoms with van der Waals surface area (Å²) in [5.41, 5.74) is 2.37. The van der Waals surface area contributed by atoms with Crippen LogP contribution in [0.15, 0.2) is 34.4 Å². The van der Waals surface area contributed by atoms with Gasteiger partial charge in [0.05, 0.1) is 9.47 Å². The van der Waals surface area contributed by atoms with Crippen molar-refractivity contribution in [2.45, 2.75) is 19.4 Å². The summed E-state index contributed by atoms with van der Waals surface area (Å²) >= 11 is 5.05. The number of anilines is 1. The molecule has 0 radical (unpaired) electrons. The van der Waals surface area contributed by atoms with E-state index in [4.69, 9.17) is 0 Å². The second kappa shape index (κ2) is 5.17. The third kappa shape index (κ3) is 2.24. The van der Waals surface area contributed by atoms with Crippen LogP contribution >= 0.6 is 27.3 Å². The largest absolute Gasteiger partial charge is 0.374 e. The Labute approximate surface area is 139 Å². The molecule has 0 aromatic carbocycles. The summed E-state index contributed by atoms with van der Waals surface area (Å²) in [6, 6.07) is 3.94. The van der Waals surface area contributed by atoms with E-state index in [0.717, 1.165) is 10.9 Å². The molecule has 0 aliphatic carbocycles. The number of nitrogens with one attached hydrogen (secondary N) is 1. The molecule has 0 bridgehead atoms. The number of ketones is 1. The minimum atomic E-state index is -0.101. The zero-order chi connectivity index (χ0) is 15.3. The van der Waals surface area contributed by atoms with Crippen LogP contribution in [0.4, 0.5) is 5.00 Å². The first-order valence-electron chi connectivity index (χ1n) is 7.00. The summed E-state index contributed by atoms with van der Waals surface area (Å²) in [5, 5.41) is 11.0. The van der Waals surface area contributed by atoms with E-state index in [9.17, 15) is 4.79 Å². The Kier molecular flexibility index (Phi) is 3.27. The number of rotatable bonds is 2. The van der Waals surface area contributed by atoms with Crippen molar-refractivity contribution in [2.24, 2.45) is 5.92 Å². The standard InChI is InChI=1S/C15H13BrN4OS/c1-8-11(4-9-2-3-22-15(9)18-8)14(21)12-5-13-17-6-10(16)7-20(13)19-12/h2-3,5-8,11,18H,4H2,1H3. The van der Waals surface area contributed by atoms with Crippen molar-refractivity contribution < 1.29 is 4.79 Å². The molecule has 1 aliphatic rings. The van der Waals surface area contributed by atoms with E-state index in [0.29, 0.717) is 11.3 Å². The van der Waals surface area contributed by atoms with Crippen LogP contribution in [0.1, 0.15) is 23.0 Å². The van der Waals surface area contributed by atoms with E-state index in [1.807, 2.05) is 0 Å². The van der Waals surface area contributed by atoms with Crippen LogP contribution in [-0.2, 0) is 6.42 Å². The third-order valence-electron chi connectivity index (χ3n) is 4.02. The Bertz CT molecular complexity index is 871. The third-order valence-corrected chi connectivity index (χ3v) is 5.32. The lowest BCUT2D eigenvalue weighted by atomic mass is 9.86. The number of halogens is 1. The lowest BCUT2D eigenvalue weighted by Crippen LogP contribution is -2.37. The Morgan fingerprint density at radius 2 is 2.41 bits per heavy atom. The van der Waals surface area contributed by atoms with Gasteiger partial charge in [-0.3, -0.25) is 4.79 Å². The molecule has 0 spiro atoms. The van der Waals surface area contributed by atoms with E-state index in [2.05, 4.69) is 49.7 Å². The first-order valence-corrected chi connectivity index (χ1v) is 8.67. The number of carbonyl (C=O) groups excluding carboxylic acids is 1. The summed E-state index contributed by atoms with van der Waals surface area (Å²) in [5.74, 6) is -0.0334. The molecule has 0 fully saturated rings. The van der Waals surface area contributed by atoms with Crippen molar-refractivity contribution >= 4 is 43.7 Å². The maximum absolute atomic E-state index is 12.8. The minimum Gasteiger partial charge on any atom is -0.374 e. The molecular weight excluding hydrogens is 364 g/mol. The van der Waals surface area contributed by atoms with Gasteiger partial charge in [-0.2, -0.15) is 5.10 Å². The molecule has 4 rings (SSSR count). The molecule has 0 saturated heterocycles. The lowest BCUT2D eigenvalue weighted by Gasteiger charge is -2.29. The topological polar surface area (TPSA) is 59.3 Å². The number of hydrogen-bond donors (Lipinski definition) is 1. The molecule has 1 aliphatic heterocycles. The SMILES string of the molecule is CC1Nc2sccc2CC1C(=O)c1cc2ncc(Br)cn2n1. The van der Waals surface area contributed by atoms with Crippen LogP contribution in [0.25, 0.3) is 5.65 Å². The molecule has 5 nitrogen and oxygen atoms in total. The van der Waals surface area contributed by atoms with E-state index in [1.165, 1.54) is 10.6 Å². The number of aromatic nitrogens is 3. The van der Waals surface area contributed by atoms with Gasteiger partial charge in [0.15, 0.2) is 11.4 Å². The summed E-state index contributed by atoms with van der Waals surface area (Å²) < 4.78 is 2.46. The van der Waals surface area contributed by atoms with Gasteiger partial charge >= 0.3 is 0 Å². The van der Waals surface area contributed by atoms with Gasteiger partial charge in [0, 0.05) is 30.4 Å². The summed E-state index contributed by atoms with van der Waals surface area (Å²) in [4.78, 5) is 17.1. The molecule has 7 heteroatoms. The fourth-order valence-electron chi connectivity index (χ4n) is 2.83. The highest BCUT2D eigenvalue weighted by atomic mass is 79.9. The number of Topliss-reactive ketones (excluding diaryl/α,β-unsaturated/α-hetero) is 1. The zero-order valence-electron chi connectivity index (χ0n) is 11.8. The maximum atomic E-state index is 12.8. The Hall–Kier alpha value is -1.73. The highest BCUT2D eigenvalue weighted by Gasteiger charge is 2.33.